The highest BCUT2D eigenvalue weighted by Crippen LogP contribution is 2.38. The van der Waals surface area contributed by atoms with Crippen LogP contribution in [-0.4, -0.2) is 12.3 Å². The molecule has 1 aliphatic rings. The molecule has 0 radical (unpaired) electrons. The molecule has 1 saturated carbocycles. The van der Waals surface area contributed by atoms with Gasteiger partial charge in [0.05, 0.1) is 15.6 Å². The third-order valence-corrected chi connectivity index (χ3v) is 4.31. The van der Waals surface area contributed by atoms with E-state index in [0.29, 0.717) is 5.69 Å². The first kappa shape index (κ1) is 13.4. The van der Waals surface area contributed by atoms with Gasteiger partial charge >= 0.3 is 0 Å². The van der Waals surface area contributed by atoms with Crippen LogP contribution in [0.5, 0.6) is 0 Å². The molecule has 1 heterocycles. The number of carbonyl (C=O) groups is 1. The lowest BCUT2D eigenvalue weighted by molar-refractivity contribution is 0.0972. The number of anilines is 2. The van der Waals surface area contributed by atoms with Gasteiger partial charge in [-0.2, -0.15) is 0 Å². The maximum absolute atomic E-state index is 12.0. The Labute approximate surface area is 113 Å². The minimum absolute atomic E-state index is 0.243. The topological polar surface area (TPSA) is 55.1 Å². The molecular formula is C14H22N2OS. The van der Waals surface area contributed by atoms with Crippen LogP contribution in [-0.2, 0) is 0 Å². The minimum Gasteiger partial charge on any atom is -0.397 e. The van der Waals surface area contributed by atoms with Gasteiger partial charge in [0.15, 0.2) is 5.78 Å². The molecule has 3 nitrogen and oxygen atoms in total. The SMILES string of the molecule is CC(C)CCCNc1cc(N)c(C(=O)C2CC2)s1. The Morgan fingerprint density at radius 3 is 2.89 bits per heavy atom. The van der Waals surface area contributed by atoms with Gasteiger partial charge in [-0.05, 0) is 37.7 Å². The largest absolute Gasteiger partial charge is 0.397 e. The molecular weight excluding hydrogens is 244 g/mol. The molecule has 18 heavy (non-hydrogen) atoms. The van der Waals surface area contributed by atoms with E-state index in [1.54, 1.807) is 0 Å². The number of hydrogen-bond donors (Lipinski definition) is 2. The summed E-state index contributed by atoms with van der Waals surface area (Å²) in [6.45, 7) is 5.42. The summed E-state index contributed by atoms with van der Waals surface area (Å²) in [5.41, 5.74) is 6.55. The number of nitrogens with one attached hydrogen (secondary N) is 1. The molecule has 1 aromatic rings. The zero-order valence-corrected chi connectivity index (χ0v) is 12.0. The lowest BCUT2D eigenvalue weighted by Gasteiger charge is -2.05. The van der Waals surface area contributed by atoms with Gasteiger partial charge in [-0.25, -0.2) is 0 Å². The number of thiophene rings is 1. The molecule has 0 bridgehead atoms. The Hall–Kier alpha value is -1.03. The van der Waals surface area contributed by atoms with Gasteiger partial charge in [-0.3, -0.25) is 4.79 Å². The Kier molecular flexibility index (Phi) is 4.27. The van der Waals surface area contributed by atoms with E-state index in [9.17, 15) is 4.79 Å². The zero-order chi connectivity index (χ0) is 13.1. The van der Waals surface area contributed by atoms with Gasteiger partial charge in [0.1, 0.15) is 0 Å². The van der Waals surface area contributed by atoms with Crippen molar-refractivity contribution in [3.05, 3.63) is 10.9 Å². The van der Waals surface area contributed by atoms with Crippen molar-refractivity contribution in [1.29, 1.82) is 0 Å². The van der Waals surface area contributed by atoms with Gasteiger partial charge in [-0.1, -0.05) is 13.8 Å². The first-order valence-corrected chi connectivity index (χ1v) is 7.57. The van der Waals surface area contributed by atoms with Gasteiger partial charge in [0.2, 0.25) is 0 Å². The molecule has 1 aromatic heterocycles. The first-order valence-electron chi connectivity index (χ1n) is 6.75. The summed E-state index contributed by atoms with van der Waals surface area (Å²) >= 11 is 1.51. The quantitative estimate of drug-likeness (QED) is 0.583. The smallest absolute Gasteiger partial charge is 0.178 e. The average molecular weight is 266 g/mol. The van der Waals surface area contributed by atoms with Crippen molar-refractivity contribution in [1.82, 2.24) is 0 Å². The fourth-order valence-electron chi connectivity index (χ4n) is 1.94. The van der Waals surface area contributed by atoms with Crippen molar-refractivity contribution >= 4 is 27.8 Å². The Balaban J connectivity index is 1.86. The molecule has 0 atom stereocenters. The minimum atomic E-state index is 0.243. The van der Waals surface area contributed by atoms with Crippen molar-refractivity contribution < 1.29 is 4.79 Å². The predicted octanol–water partition coefficient (Wildman–Crippen LogP) is 3.77. The summed E-state index contributed by atoms with van der Waals surface area (Å²) in [5, 5.41) is 4.39. The number of carbonyl (C=O) groups excluding carboxylic acids is 1. The third kappa shape index (κ3) is 3.48. The number of ketones is 1. The second kappa shape index (κ2) is 5.74. The Morgan fingerprint density at radius 2 is 2.28 bits per heavy atom. The van der Waals surface area contributed by atoms with Gasteiger partial charge in [0, 0.05) is 12.5 Å². The van der Waals surface area contributed by atoms with Crippen molar-refractivity contribution in [2.75, 3.05) is 17.6 Å². The number of nitrogens with two attached hydrogens (primary N) is 1. The zero-order valence-electron chi connectivity index (χ0n) is 11.2. The molecule has 0 saturated heterocycles. The molecule has 2 rings (SSSR count). The van der Waals surface area contributed by atoms with E-state index in [1.807, 2.05) is 6.07 Å². The molecule has 100 valence electrons. The van der Waals surface area contributed by atoms with Crippen LogP contribution < -0.4 is 11.1 Å². The molecule has 3 N–H and O–H groups in total. The fourth-order valence-corrected chi connectivity index (χ4v) is 2.96. The number of rotatable bonds is 7. The summed E-state index contributed by atoms with van der Waals surface area (Å²) in [6, 6.07) is 1.90. The van der Waals surface area contributed by atoms with Crippen molar-refractivity contribution in [3.63, 3.8) is 0 Å². The molecule has 0 aliphatic heterocycles. The van der Waals surface area contributed by atoms with E-state index in [-0.39, 0.29) is 11.7 Å². The summed E-state index contributed by atoms with van der Waals surface area (Å²) in [6.07, 6.45) is 4.45. The monoisotopic (exact) mass is 266 g/mol. The van der Waals surface area contributed by atoms with E-state index < -0.39 is 0 Å². The van der Waals surface area contributed by atoms with Crippen LogP contribution in [0.1, 0.15) is 49.2 Å². The lowest BCUT2D eigenvalue weighted by Crippen LogP contribution is -2.01. The Morgan fingerprint density at radius 1 is 1.56 bits per heavy atom. The molecule has 0 aromatic carbocycles. The Bertz CT molecular complexity index is 421. The van der Waals surface area contributed by atoms with Gasteiger partial charge < -0.3 is 11.1 Å². The van der Waals surface area contributed by atoms with Crippen LogP contribution in [0.4, 0.5) is 10.7 Å². The predicted molar refractivity (Wildman–Crippen MR) is 78.3 cm³/mol. The molecule has 0 spiro atoms. The highest BCUT2D eigenvalue weighted by Gasteiger charge is 2.32. The van der Waals surface area contributed by atoms with Crippen LogP contribution in [0.3, 0.4) is 0 Å². The van der Waals surface area contributed by atoms with E-state index in [0.717, 1.165) is 41.6 Å². The summed E-state index contributed by atoms with van der Waals surface area (Å²) < 4.78 is 0. The van der Waals surface area contributed by atoms with Crippen molar-refractivity contribution in [3.8, 4) is 0 Å². The lowest BCUT2D eigenvalue weighted by atomic mass is 10.1. The summed E-state index contributed by atoms with van der Waals surface area (Å²) in [5.74, 6) is 1.24. The molecule has 0 amide bonds. The van der Waals surface area contributed by atoms with Crippen LogP contribution in [0.2, 0.25) is 0 Å². The average Bonchev–Trinajstić information content (AvgIpc) is 3.08. The summed E-state index contributed by atoms with van der Waals surface area (Å²) in [7, 11) is 0. The van der Waals surface area contributed by atoms with Crippen molar-refractivity contribution in [2.24, 2.45) is 11.8 Å². The number of hydrogen-bond acceptors (Lipinski definition) is 4. The third-order valence-electron chi connectivity index (χ3n) is 3.19. The molecule has 1 aliphatic carbocycles. The van der Waals surface area contributed by atoms with Crippen LogP contribution in [0, 0.1) is 11.8 Å². The maximum atomic E-state index is 12.0. The highest BCUT2D eigenvalue weighted by atomic mass is 32.1. The molecule has 1 fully saturated rings. The molecule has 4 heteroatoms. The fraction of sp³-hybridized carbons (Fsp3) is 0.643. The van der Waals surface area contributed by atoms with E-state index in [1.165, 1.54) is 17.8 Å². The van der Waals surface area contributed by atoms with Crippen LogP contribution in [0.25, 0.3) is 0 Å². The standard InChI is InChI=1S/C14H22N2OS/c1-9(2)4-3-7-16-12-8-11(15)14(18-12)13(17)10-5-6-10/h8-10,16H,3-7,15H2,1-2H3. The summed E-state index contributed by atoms with van der Waals surface area (Å²) in [4.78, 5) is 12.7. The second-order valence-corrected chi connectivity index (χ2v) is 6.55. The highest BCUT2D eigenvalue weighted by molar-refractivity contribution is 7.18. The van der Waals surface area contributed by atoms with E-state index >= 15 is 0 Å². The molecule has 0 unspecified atom stereocenters. The van der Waals surface area contributed by atoms with E-state index in [2.05, 4.69) is 19.2 Å². The number of Topliss-reactive ketones (excluding diaryl/α,β-unsaturated/α-hetero) is 1. The van der Waals surface area contributed by atoms with Crippen molar-refractivity contribution in [2.45, 2.75) is 39.5 Å². The van der Waals surface area contributed by atoms with Gasteiger partial charge in [0.25, 0.3) is 0 Å². The van der Waals surface area contributed by atoms with E-state index in [4.69, 9.17) is 5.73 Å². The van der Waals surface area contributed by atoms with Crippen LogP contribution in [0.15, 0.2) is 6.07 Å². The first-order chi connectivity index (χ1) is 8.58. The second-order valence-electron chi connectivity index (χ2n) is 5.50. The maximum Gasteiger partial charge on any atom is 0.178 e. The van der Waals surface area contributed by atoms with Gasteiger partial charge in [-0.15, -0.1) is 11.3 Å². The van der Waals surface area contributed by atoms with Crippen LogP contribution >= 0.6 is 11.3 Å². The number of nitrogen functional groups attached to an aromatic ring is 1. The normalized spacial score (nSPS) is 15.1.